The van der Waals surface area contributed by atoms with E-state index in [1.165, 1.54) is 5.39 Å². The molecule has 0 aliphatic heterocycles. The second kappa shape index (κ2) is 4.84. The van der Waals surface area contributed by atoms with E-state index in [2.05, 4.69) is 23.6 Å². The Kier molecular flexibility index (Phi) is 3.25. The van der Waals surface area contributed by atoms with Crippen LogP contribution in [0.3, 0.4) is 0 Å². The Hall–Kier alpha value is -2.07. The zero-order chi connectivity index (χ0) is 12.3. The van der Waals surface area contributed by atoms with E-state index in [0.29, 0.717) is 0 Å². The van der Waals surface area contributed by atoms with Gasteiger partial charge in [-0.3, -0.25) is 10.2 Å². The summed E-state index contributed by atoms with van der Waals surface area (Å²) in [4.78, 5) is 13.0. The van der Waals surface area contributed by atoms with Crippen molar-refractivity contribution in [3.63, 3.8) is 0 Å². The molecule has 17 heavy (non-hydrogen) atoms. The van der Waals surface area contributed by atoms with E-state index >= 15 is 0 Å². The van der Waals surface area contributed by atoms with E-state index in [-0.39, 0.29) is 12.5 Å². The van der Waals surface area contributed by atoms with Crippen LogP contribution in [0.15, 0.2) is 42.5 Å². The van der Waals surface area contributed by atoms with Crippen LogP contribution in [0, 0.1) is 0 Å². The van der Waals surface area contributed by atoms with Gasteiger partial charge in [0, 0.05) is 12.7 Å². The number of hydrazine groups is 1. The minimum atomic E-state index is -0.208. The molecule has 1 amide bonds. The lowest BCUT2D eigenvalue weighted by Gasteiger charge is -2.18. The molecule has 3 N–H and O–H groups in total. The maximum absolute atomic E-state index is 11.2. The number of rotatable bonds is 3. The fourth-order valence-electron chi connectivity index (χ4n) is 1.77. The molecule has 0 heterocycles. The standard InChI is InChI=1S/C13H15N3O/c1-16(9-13(17)15-14)12-7-6-10-4-2-3-5-11(10)8-12/h2-8H,9,14H2,1H3,(H,15,17). The number of likely N-dealkylation sites (N-methyl/N-ethyl adjacent to an activating group) is 1. The van der Waals surface area contributed by atoms with Gasteiger partial charge in [-0.1, -0.05) is 30.3 Å². The third kappa shape index (κ3) is 2.54. The lowest BCUT2D eigenvalue weighted by atomic mass is 10.1. The lowest BCUT2D eigenvalue weighted by molar-refractivity contribution is -0.119. The fraction of sp³-hybridized carbons (Fsp3) is 0.154. The zero-order valence-corrected chi connectivity index (χ0v) is 9.68. The maximum Gasteiger partial charge on any atom is 0.253 e. The number of hydrogen-bond donors (Lipinski definition) is 2. The van der Waals surface area contributed by atoms with E-state index in [9.17, 15) is 4.79 Å². The van der Waals surface area contributed by atoms with Gasteiger partial charge in [0.1, 0.15) is 0 Å². The summed E-state index contributed by atoms with van der Waals surface area (Å²) < 4.78 is 0. The van der Waals surface area contributed by atoms with Crippen LogP contribution < -0.4 is 16.2 Å². The third-order valence-corrected chi connectivity index (χ3v) is 2.72. The molecule has 0 aromatic heterocycles. The summed E-state index contributed by atoms with van der Waals surface area (Å²) in [5, 5.41) is 2.35. The first-order chi connectivity index (χ1) is 8.20. The van der Waals surface area contributed by atoms with Crippen molar-refractivity contribution < 1.29 is 4.79 Å². The first kappa shape index (κ1) is 11.4. The van der Waals surface area contributed by atoms with Crippen molar-refractivity contribution in [2.75, 3.05) is 18.5 Å². The van der Waals surface area contributed by atoms with Crippen LogP contribution in [0.4, 0.5) is 5.69 Å². The second-order valence-electron chi connectivity index (χ2n) is 3.96. The molecule has 0 saturated heterocycles. The highest BCUT2D eigenvalue weighted by Gasteiger charge is 2.06. The molecule has 0 aliphatic carbocycles. The van der Waals surface area contributed by atoms with Crippen molar-refractivity contribution in [1.29, 1.82) is 0 Å². The summed E-state index contributed by atoms with van der Waals surface area (Å²) in [5.41, 5.74) is 3.12. The average Bonchev–Trinajstić information content (AvgIpc) is 2.38. The minimum absolute atomic E-state index is 0.208. The van der Waals surface area contributed by atoms with Crippen molar-refractivity contribution in [2.45, 2.75) is 0 Å². The molecular formula is C13H15N3O. The van der Waals surface area contributed by atoms with Gasteiger partial charge in [-0.05, 0) is 22.9 Å². The first-order valence-corrected chi connectivity index (χ1v) is 5.40. The summed E-state index contributed by atoms with van der Waals surface area (Å²) in [6, 6.07) is 14.2. The molecule has 0 unspecified atom stereocenters. The maximum atomic E-state index is 11.2. The Labute approximate surface area is 100.0 Å². The Bertz CT molecular complexity index is 539. The van der Waals surface area contributed by atoms with E-state index in [1.807, 2.05) is 36.2 Å². The number of nitrogens with zero attached hydrogens (tertiary/aromatic N) is 1. The third-order valence-electron chi connectivity index (χ3n) is 2.72. The zero-order valence-electron chi connectivity index (χ0n) is 9.68. The summed E-state index contributed by atoms with van der Waals surface area (Å²) in [6.07, 6.45) is 0. The smallest absolute Gasteiger partial charge is 0.253 e. The topological polar surface area (TPSA) is 58.4 Å². The number of carbonyl (C=O) groups is 1. The second-order valence-corrected chi connectivity index (χ2v) is 3.96. The van der Waals surface area contributed by atoms with Gasteiger partial charge in [-0.25, -0.2) is 5.84 Å². The highest BCUT2D eigenvalue weighted by molar-refractivity contribution is 5.87. The number of amides is 1. The molecule has 4 nitrogen and oxygen atoms in total. The van der Waals surface area contributed by atoms with E-state index < -0.39 is 0 Å². The van der Waals surface area contributed by atoms with Crippen LogP contribution in [0.1, 0.15) is 0 Å². The van der Waals surface area contributed by atoms with E-state index in [0.717, 1.165) is 11.1 Å². The van der Waals surface area contributed by atoms with Crippen LogP contribution >= 0.6 is 0 Å². The Morgan fingerprint density at radius 1 is 1.24 bits per heavy atom. The van der Waals surface area contributed by atoms with Gasteiger partial charge in [0.2, 0.25) is 0 Å². The Morgan fingerprint density at radius 3 is 2.65 bits per heavy atom. The Balaban J connectivity index is 2.26. The summed E-state index contributed by atoms with van der Waals surface area (Å²) in [6.45, 7) is 0.245. The number of hydrogen-bond acceptors (Lipinski definition) is 3. The Morgan fingerprint density at radius 2 is 1.94 bits per heavy atom. The molecule has 0 radical (unpaired) electrons. The largest absolute Gasteiger partial charge is 0.365 e. The average molecular weight is 229 g/mol. The van der Waals surface area contributed by atoms with Gasteiger partial charge in [-0.2, -0.15) is 0 Å². The molecule has 4 heteroatoms. The number of carbonyl (C=O) groups excluding carboxylic acids is 1. The van der Waals surface area contributed by atoms with Gasteiger partial charge in [-0.15, -0.1) is 0 Å². The first-order valence-electron chi connectivity index (χ1n) is 5.40. The van der Waals surface area contributed by atoms with Gasteiger partial charge in [0.15, 0.2) is 0 Å². The van der Waals surface area contributed by atoms with Gasteiger partial charge in [0.05, 0.1) is 6.54 Å². The molecular weight excluding hydrogens is 214 g/mol. The van der Waals surface area contributed by atoms with Crippen LogP contribution in [-0.4, -0.2) is 19.5 Å². The highest BCUT2D eigenvalue weighted by Crippen LogP contribution is 2.20. The van der Waals surface area contributed by atoms with Crippen molar-refractivity contribution in [2.24, 2.45) is 5.84 Å². The monoisotopic (exact) mass is 229 g/mol. The number of benzene rings is 2. The molecule has 2 rings (SSSR count). The van der Waals surface area contributed by atoms with Gasteiger partial charge < -0.3 is 4.90 Å². The number of anilines is 1. The van der Waals surface area contributed by atoms with Crippen LogP contribution in [-0.2, 0) is 4.79 Å². The summed E-state index contributed by atoms with van der Waals surface area (Å²) >= 11 is 0. The molecule has 0 aliphatic rings. The normalized spacial score (nSPS) is 10.2. The van der Waals surface area contributed by atoms with Crippen molar-refractivity contribution in [3.8, 4) is 0 Å². The molecule has 2 aromatic rings. The molecule has 88 valence electrons. The number of fused-ring (bicyclic) bond motifs is 1. The molecule has 0 fully saturated rings. The summed E-state index contributed by atoms with van der Waals surface area (Å²) in [5.74, 6) is 4.86. The quantitative estimate of drug-likeness (QED) is 0.473. The van der Waals surface area contributed by atoms with Crippen LogP contribution in [0.2, 0.25) is 0 Å². The van der Waals surface area contributed by atoms with E-state index in [1.54, 1.807) is 0 Å². The molecule has 0 atom stereocenters. The van der Waals surface area contributed by atoms with E-state index in [4.69, 9.17) is 5.84 Å². The van der Waals surface area contributed by atoms with Crippen molar-refractivity contribution >= 4 is 22.4 Å². The van der Waals surface area contributed by atoms with Gasteiger partial charge >= 0.3 is 0 Å². The summed E-state index contributed by atoms with van der Waals surface area (Å²) in [7, 11) is 1.86. The van der Waals surface area contributed by atoms with Crippen molar-refractivity contribution in [3.05, 3.63) is 42.5 Å². The number of nitrogens with one attached hydrogen (secondary N) is 1. The van der Waals surface area contributed by atoms with Gasteiger partial charge in [0.25, 0.3) is 5.91 Å². The molecule has 0 spiro atoms. The SMILES string of the molecule is CN(CC(=O)NN)c1ccc2ccccc2c1. The van der Waals surface area contributed by atoms with Crippen LogP contribution in [0.25, 0.3) is 10.8 Å². The lowest BCUT2D eigenvalue weighted by Crippen LogP contribution is -2.38. The molecule has 2 aromatic carbocycles. The predicted molar refractivity (Wildman–Crippen MR) is 69.5 cm³/mol. The molecule has 0 saturated carbocycles. The van der Waals surface area contributed by atoms with Crippen LogP contribution in [0.5, 0.6) is 0 Å². The highest BCUT2D eigenvalue weighted by atomic mass is 16.2. The number of nitrogens with two attached hydrogens (primary N) is 1. The predicted octanol–water partition coefficient (Wildman–Crippen LogP) is 1.27. The fourth-order valence-corrected chi connectivity index (χ4v) is 1.77. The minimum Gasteiger partial charge on any atom is -0.365 e. The van der Waals surface area contributed by atoms with Crippen molar-refractivity contribution in [1.82, 2.24) is 5.43 Å². The molecule has 0 bridgehead atoms.